The van der Waals surface area contributed by atoms with E-state index >= 15 is 0 Å². The Morgan fingerprint density at radius 2 is 2.03 bits per heavy atom. The second-order valence-corrected chi connectivity index (χ2v) is 8.11. The molecule has 5 rings (SSSR count). The molecule has 31 heavy (non-hydrogen) atoms. The summed E-state index contributed by atoms with van der Waals surface area (Å²) in [5, 5.41) is 5.20. The number of benzene rings is 1. The second-order valence-electron chi connectivity index (χ2n) is 7.68. The Kier molecular flexibility index (Phi) is 6.46. The van der Waals surface area contributed by atoms with E-state index in [2.05, 4.69) is 16.4 Å². The zero-order valence-corrected chi connectivity index (χ0v) is 18.5. The SMILES string of the molecule is Cl.O=c1cc(CCc2ccc(Cl)cn2)ccn1-c1ccc2c3c(oc2c1)CCCNC3. The molecule has 0 saturated carbocycles. The van der Waals surface area contributed by atoms with Crippen LogP contribution in [0.1, 0.15) is 29.0 Å². The van der Waals surface area contributed by atoms with Crippen molar-refractivity contribution in [1.82, 2.24) is 14.9 Å². The van der Waals surface area contributed by atoms with E-state index in [-0.39, 0.29) is 18.0 Å². The molecule has 1 aromatic carbocycles. The monoisotopic (exact) mass is 455 g/mol. The molecule has 1 N–H and O–H groups in total. The number of aryl methyl sites for hydroxylation is 3. The van der Waals surface area contributed by atoms with Crippen LogP contribution in [0.3, 0.4) is 0 Å². The lowest BCUT2D eigenvalue weighted by Crippen LogP contribution is -2.17. The summed E-state index contributed by atoms with van der Waals surface area (Å²) in [6.07, 6.45) is 7.02. The molecule has 7 heteroatoms. The molecule has 1 aliphatic heterocycles. The van der Waals surface area contributed by atoms with Gasteiger partial charge in [-0.1, -0.05) is 11.6 Å². The summed E-state index contributed by atoms with van der Waals surface area (Å²) >= 11 is 5.88. The van der Waals surface area contributed by atoms with Crippen molar-refractivity contribution < 1.29 is 4.42 Å². The van der Waals surface area contributed by atoms with Crippen LogP contribution in [-0.2, 0) is 25.8 Å². The van der Waals surface area contributed by atoms with Crippen LogP contribution in [0.5, 0.6) is 0 Å². The zero-order chi connectivity index (χ0) is 20.5. The van der Waals surface area contributed by atoms with E-state index in [9.17, 15) is 4.79 Å². The van der Waals surface area contributed by atoms with E-state index in [4.69, 9.17) is 16.0 Å². The third kappa shape index (κ3) is 4.54. The van der Waals surface area contributed by atoms with E-state index < -0.39 is 0 Å². The van der Waals surface area contributed by atoms with Crippen LogP contribution in [0, 0.1) is 0 Å². The van der Waals surface area contributed by atoms with Gasteiger partial charge >= 0.3 is 0 Å². The first-order chi connectivity index (χ1) is 14.7. The van der Waals surface area contributed by atoms with Gasteiger partial charge in [0.25, 0.3) is 5.56 Å². The van der Waals surface area contributed by atoms with Gasteiger partial charge in [-0.3, -0.25) is 14.3 Å². The minimum Gasteiger partial charge on any atom is -0.461 e. The average molecular weight is 456 g/mol. The number of rotatable bonds is 4. The number of nitrogens with one attached hydrogen (secondary N) is 1. The van der Waals surface area contributed by atoms with Crippen LogP contribution in [0.15, 0.2) is 64.1 Å². The first kappa shape index (κ1) is 21.6. The van der Waals surface area contributed by atoms with Gasteiger partial charge < -0.3 is 9.73 Å². The van der Waals surface area contributed by atoms with Gasteiger partial charge in [-0.15, -0.1) is 12.4 Å². The molecule has 0 amide bonds. The lowest BCUT2D eigenvalue weighted by Gasteiger charge is -2.08. The van der Waals surface area contributed by atoms with Crippen LogP contribution in [0.2, 0.25) is 5.02 Å². The van der Waals surface area contributed by atoms with Crippen LogP contribution in [0.25, 0.3) is 16.7 Å². The molecule has 3 aromatic heterocycles. The van der Waals surface area contributed by atoms with Gasteiger partial charge in [0.15, 0.2) is 0 Å². The van der Waals surface area contributed by atoms with Gasteiger partial charge in [0.05, 0.1) is 10.7 Å². The number of halogens is 2. The molecule has 5 nitrogen and oxygen atoms in total. The summed E-state index contributed by atoms with van der Waals surface area (Å²) in [7, 11) is 0. The maximum Gasteiger partial charge on any atom is 0.255 e. The average Bonchev–Trinajstić information content (AvgIpc) is 2.93. The number of aromatic nitrogens is 2. The summed E-state index contributed by atoms with van der Waals surface area (Å²) in [5.74, 6) is 1.06. The Hall–Kier alpha value is -2.60. The highest BCUT2D eigenvalue weighted by molar-refractivity contribution is 6.30. The second kappa shape index (κ2) is 9.27. The number of pyridine rings is 2. The van der Waals surface area contributed by atoms with E-state index in [0.717, 1.165) is 72.4 Å². The fourth-order valence-corrected chi connectivity index (χ4v) is 4.15. The molecule has 0 unspecified atom stereocenters. The summed E-state index contributed by atoms with van der Waals surface area (Å²) in [5.41, 5.74) is 4.80. The maximum atomic E-state index is 12.8. The normalized spacial score (nSPS) is 13.5. The van der Waals surface area contributed by atoms with Crippen molar-refractivity contribution in [3.63, 3.8) is 0 Å². The van der Waals surface area contributed by atoms with Gasteiger partial charge in [0.2, 0.25) is 0 Å². The fourth-order valence-electron chi connectivity index (χ4n) is 4.04. The predicted molar refractivity (Wildman–Crippen MR) is 126 cm³/mol. The molecule has 160 valence electrons. The zero-order valence-electron chi connectivity index (χ0n) is 16.9. The molecule has 0 spiro atoms. The van der Waals surface area contributed by atoms with Crippen LogP contribution >= 0.6 is 24.0 Å². The van der Waals surface area contributed by atoms with Crippen molar-refractivity contribution in [2.24, 2.45) is 0 Å². The maximum absolute atomic E-state index is 12.8. The minimum atomic E-state index is -0.0503. The molecule has 0 bridgehead atoms. The first-order valence-corrected chi connectivity index (χ1v) is 10.6. The molecular formula is C24H23Cl2N3O2. The molecule has 0 aliphatic carbocycles. The standard InChI is InChI=1S/C24H22ClN3O2.ClH/c25-17-4-6-18(27-14-17)5-3-16-9-11-28(24(29)12-16)19-7-8-20-21-15-26-10-1-2-22(21)30-23(20)13-19;/h4,6-9,11-14,26H,1-3,5,10,15H2;1H. The topological polar surface area (TPSA) is 60.1 Å². The smallest absolute Gasteiger partial charge is 0.255 e. The molecular weight excluding hydrogens is 433 g/mol. The van der Waals surface area contributed by atoms with Gasteiger partial charge in [-0.25, -0.2) is 0 Å². The van der Waals surface area contributed by atoms with E-state index in [1.165, 1.54) is 5.56 Å². The van der Waals surface area contributed by atoms with Gasteiger partial charge in [0.1, 0.15) is 11.3 Å². The molecule has 0 fully saturated rings. The molecule has 4 heterocycles. The number of hydrogen-bond acceptors (Lipinski definition) is 4. The van der Waals surface area contributed by atoms with Gasteiger partial charge in [-0.2, -0.15) is 0 Å². The van der Waals surface area contributed by atoms with E-state index in [0.29, 0.717) is 5.02 Å². The van der Waals surface area contributed by atoms with Crippen LogP contribution in [0.4, 0.5) is 0 Å². The van der Waals surface area contributed by atoms with E-state index in [1.54, 1.807) is 16.8 Å². The van der Waals surface area contributed by atoms with Crippen LogP contribution < -0.4 is 10.9 Å². The minimum absolute atomic E-state index is 0. The van der Waals surface area contributed by atoms with Gasteiger partial charge in [0, 0.05) is 54.1 Å². The van der Waals surface area contributed by atoms with Crippen molar-refractivity contribution in [2.45, 2.75) is 32.2 Å². The van der Waals surface area contributed by atoms with Crippen molar-refractivity contribution in [1.29, 1.82) is 0 Å². The first-order valence-electron chi connectivity index (χ1n) is 10.2. The summed E-state index contributed by atoms with van der Waals surface area (Å²) in [4.78, 5) is 17.1. The Balaban J connectivity index is 0.00000231. The molecule has 1 aliphatic rings. The highest BCUT2D eigenvalue weighted by Crippen LogP contribution is 2.29. The van der Waals surface area contributed by atoms with Crippen LogP contribution in [-0.4, -0.2) is 16.1 Å². The summed E-state index contributed by atoms with van der Waals surface area (Å²) < 4.78 is 7.78. The Morgan fingerprint density at radius 3 is 2.84 bits per heavy atom. The Labute approximate surface area is 191 Å². The third-order valence-corrected chi connectivity index (χ3v) is 5.86. The number of hydrogen-bond donors (Lipinski definition) is 1. The van der Waals surface area contributed by atoms with Crippen molar-refractivity contribution >= 4 is 35.0 Å². The molecule has 4 aromatic rings. The highest BCUT2D eigenvalue weighted by atomic mass is 35.5. The summed E-state index contributed by atoms with van der Waals surface area (Å²) in [6.45, 7) is 1.85. The fraction of sp³-hybridized carbons (Fsp3) is 0.250. The number of fused-ring (bicyclic) bond motifs is 3. The van der Waals surface area contributed by atoms with Crippen molar-refractivity contribution in [3.8, 4) is 5.69 Å². The van der Waals surface area contributed by atoms with Crippen molar-refractivity contribution in [2.75, 3.05) is 6.54 Å². The Morgan fingerprint density at radius 1 is 1.13 bits per heavy atom. The third-order valence-electron chi connectivity index (χ3n) is 5.64. The lowest BCUT2D eigenvalue weighted by atomic mass is 10.1. The predicted octanol–water partition coefficient (Wildman–Crippen LogP) is 4.87. The molecule has 0 saturated heterocycles. The highest BCUT2D eigenvalue weighted by Gasteiger charge is 2.17. The quantitative estimate of drug-likeness (QED) is 0.476. The van der Waals surface area contributed by atoms with Gasteiger partial charge in [-0.05, 0) is 61.7 Å². The largest absolute Gasteiger partial charge is 0.461 e. The number of furan rings is 1. The lowest BCUT2D eigenvalue weighted by molar-refractivity contribution is 0.541. The molecule has 0 radical (unpaired) electrons. The Bertz CT molecular complexity index is 1260. The number of nitrogens with zero attached hydrogens (tertiary/aromatic N) is 2. The van der Waals surface area contributed by atoms with E-state index in [1.807, 2.05) is 36.5 Å². The molecule has 0 atom stereocenters. The van der Waals surface area contributed by atoms with Crippen molar-refractivity contribution in [3.05, 3.63) is 92.8 Å². The summed E-state index contributed by atoms with van der Waals surface area (Å²) in [6, 6.07) is 13.4.